The van der Waals surface area contributed by atoms with Crippen molar-refractivity contribution in [3.05, 3.63) is 76.9 Å². The first-order chi connectivity index (χ1) is 21.4. The number of amides is 2. The minimum Gasteiger partial charge on any atom is -0.508 e. The molecule has 2 aliphatic heterocycles. The van der Waals surface area contributed by atoms with Crippen LogP contribution in [0.5, 0.6) is 11.5 Å². The van der Waals surface area contributed by atoms with E-state index in [-0.39, 0.29) is 36.0 Å². The first-order valence-electron chi connectivity index (χ1n) is 15.9. The SMILES string of the molecule is CCC/C(=C\c1cccc(O)c1)CC[C@H]1OC[C@H]2C1=C(COc1ccccc1)C[C@H]1C(=O)N(CCCCCC(=O)O)C(=O)[C@H]12. The molecule has 44 heavy (non-hydrogen) atoms. The molecule has 0 saturated carbocycles. The molecule has 2 aromatic carbocycles. The summed E-state index contributed by atoms with van der Waals surface area (Å²) in [5.41, 5.74) is 4.43. The van der Waals surface area contributed by atoms with Gasteiger partial charge in [-0.1, -0.05) is 61.7 Å². The number of allylic oxidation sites excluding steroid dienone is 1. The van der Waals surface area contributed by atoms with E-state index in [9.17, 15) is 19.5 Å². The van der Waals surface area contributed by atoms with Crippen LogP contribution in [0.2, 0.25) is 0 Å². The number of hydrogen-bond donors (Lipinski definition) is 2. The van der Waals surface area contributed by atoms with E-state index in [0.717, 1.165) is 48.1 Å². The number of imide groups is 1. The number of rotatable bonds is 15. The molecule has 0 unspecified atom stereocenters. The molecule has 8 nitrogen and oxygen atoms in total. The first kappa shape index (κ1) is 31.5. The standard InChI is InChI=1S/C36H43NO7/c1-2-10-24(19-25-11-9-12-27(38)20-25)16-17-31-33-26(22-43-28-13-5-3-6-14-28)21-29-34(30(33)23-44-31)36(42)37(35(29)41)18-8-4-7-15-32(39)40/h3,5-6,9,11-14,19-20,29-31,34,38H,2,4,7-8,10,15-18,21-23H2,1H3,(H,39,40)/b24-19+/t29-,30+,31-,34-/m1/s1. The molecule has 0 bridgehead atoms. The highest BCUT2D eigenvalue weighted by molar-refractivity contribution is 6.06. The summed E-state index contributed by atoms with van der Waals surface area (Å²) in [7, 11) is 0. The van der Waals surface area contributed by atoms with Crippen LogP contribution in [0.25, 0.3) is 6.08 Å². The number of carboxylic acid groups (broad SMARTS) is 1. The Kier molecular flexibility index (Phi) is 10.5. The van der Waals surface area contributed by atoms with Gasteiger partial charge in [0.2, 0.25) is 11.8 Å². The van der Waals surface area contributed by atoms with E-state index < -0.39 is 17.8 Å². The van der Waals surface area contributed by atoms with Crippen molar-refractivity contribution in [2.24, 2.45) is 17.8 Å². The normalized spacial score (nSPS) is 23.2. The molecule has 4 atom stereocenters. The molecule has 234 valence electrons. The molecule has 5 rings (SSSR count). The van der Waals surface area contributed by atoms with E-state index in [1.54, 1.807) is 12.1 Å². The fourth-order valence-electron chi connectivity index (χ4n) is 7.06. The van der Waals surface area contributed by atoms with Crippen LogP contribution in [-0.2, 0) is 19.1 Å². The zero-order valence-corrected chi connectivity index (χ0v) is 25.5. The number of likely N-dealkylation sites (tertiary alicyclic amines) is 1. The van der Waals surface area contributed by atoms with Crippen molar-refractivity contribution >= 4 is 23.9 Å². The van der Waals surface area contributed by atoms with Crippen molar-refractivity contribution in [2.45, 2.75) is 70.8 Å². The van der Waals surface area contributed by atoms with Gasteiger partial charge in [0.25, 0.3) is 0 Å². The van der Waals surface area contributed by atoms with Crippen molar-refractivity contribution < 1.29 is 34.1 Å². The van der Waals surface area contributed by atoms with Gasteiger partial charge < -0.3 is 19.7 Å². The number of carboxylic acids is 1. The van der Waals surface area contributed by atoms with E-state index in [0.29, 0.717) is 45.4 Å². The number of phenolic OH excluding ortho intramolecular Hbond substituents is 1. The van der Waals surface area contributed by atoms with E-state index in [4.69, 9.17) is 14.6 Å². The summed E-state index contributed by atoms with van der Waals surface area (Å²) in [6.07, 6.45) is 7.87. The molecule has 0 aromatic heterocycles. The molecule has 0 radical (unpaired) electrons. The van der Waals surface area contributed by atoms with Crippen molar-refractivity contribution in [3.8, 4) is 11.5 Å². The average molecular weight is 602 g/mol. The number of benzene rings is 2. The zero-order chi connectivity index (χ0) is 31.1. The van der Waals surface area contributed by atoms with Crippen molar-refractivity contribution in [2.75, 3.05) is 19.8 Å². The highest BCUT2D eigenvalue weighted by Crippen LogP contribution is 2.50. The minimum absolute atomic E-state index is 0.0922. The van der Waals surface area contributed by atoms with Crippen LogP contribution in [-0.4, -0.2) is 58.8 Å². The molecule has 2 amide bonds. The second-order valence-corrected chi connectivity index (χ2v) is 12.1. The quantitative estimate of drug-likeness (QED) is 0.138. The van der Waals surface area contributed by atoms with Crippen LogP contribution in [0.4, 0.5) is 0 Å². The second-order valence-electron chi connectivity index (χ2n) is 12.1. The van der Waals surface area contributed by atoms with Crippen LogP contribution in [0.3, 0.4) is 0 Å². The monoisotopic (exact) mass is 601 g/mol. The molecular formula is C36H43NO7. The summed E-state index contributed by atoms with van der Waals surface area (Å²) in [5.74, 6) is -1.10. The molecule has 1 aliphatic carbocycles. The topological polar surface area (TPSA) is 113 Å². The van der Waals surface area contributed by atoms with Gasteiger partial charge >= 0.3 is 5.97 Å². The van der Waals surface area contributed by atoms with Crippen LogP contribution in [0, 0.1) is 17.8 Å². The largest absolute Gasteiger partial charge is 0.508 e. The molecular weight excluding hydrogens is 558 g/mol. The lowest BCUT2D eigenvalue weighted by Crippen LogP contribution is -2.35. The van der Waals surface area contributed by atoms with E-state index in [1.165, 1.54) is 10.5 Å². The lowest BCUT2D eigenvalue weighted by molar-refractivity contribution is -0.141. The van der Waals surface area contributed by atoms with Gasteiger partial charge in [0.1, 0.15) is 18.1 Å². The van der Waals surface area contributed by atoms with Crippen LogP contribution in [0.1, 0.15) is 70.3 Å². The van der Waals surface area contributed by atoms with E-state index >= 15 is 0 Å². The molecule has 2 fully saturated rings. The number of carbonyl (C=O) groups excluding carboxylic acids is 2. The number of aliphatic carboxylic acids is 1. The van der Waals surface area contributed by atoms with Gasteiger partial charge in [-0.05, 0) is 79.5 Å². The van der Waals surface area contributed by atoms with E-state index in [1.807, 2.05) is 42.5 Å². The van der Waals surface area contributed by atoms with E-state index in [2.05, 4.69) is 13.0 Å². The molecule has 2 N–H and O–H groups in total. The Morgan fingerprint density at radius 1 is 1.00 bits per heavy atom. The predicted octanol–water partition coefficient (Wildman–Crippen LogP) is 6.40. The lowest BCUT2D eigenvalue weighted by Gasteiger charge is -2.32. The Bertz CT molecular complexity index is 1400. The zero-order valence-electron chi connectivity index (χ0n) is 25.5. The maximum absolute atomic E-state index is 13.7. The Balaban J connectivity index is 1.34. The Morgan fingerprint density at radius 2 is 1.82 bits per heavy atom. The van der Waals surface area contributed by atoms with Crippen molar-refractivity contribution in [1.29, 1.82) is 0 Å². The fourth-order valence-corrected chi connectivity index (χ4v) is 7.06. The molecule has 2 saturated heterocycles. The molecule has 0 spiro atoms. The number of hydrogen-bond acceptors (Lipinski definition) is 6. The van der Waals surface area contributed by atoms with Gasteiger partial charge in [0.05, 0.1) is 24.5 Å². The number of unbranched alkanes of at least 4 members (excludes halogenated alkanes) is 2. The highest BCUT2D eigenvalue weighted by atomic mass is 16.5. The molecule has 2 aromatic rings. The molecule has 3 aliphatic rings. The number of phenols is 1. The van der Waals surface area contributed by atoms with Gasteiger partial charge in [0.15, 0.2) is 0 Å². The summed E-state index contributed by atoms with van der Waals surface area (Å²) in [5, 5.41) is 18.8. The summed E-state index contributed by atoms with van der Waals surface area (Å²) in [4.78, 5) is 39.6. The maximum Gasteiger partial charge on any atom is 0.303 e. The van der Waals surface area contributed by atoms with Gasteiger partial charge in [-0.2, -0.15) is 0 Å². The number of para-hydroxylation sites is 1. The maximum atomic E-state index is 13.7. The van der Waals surface area contributed by atoms with Crippen LogP contribution < -0.4 is 4.74 Å². The Hall–Kier alpha value is -3.91. The number of aromatic hydroxyl groups is 1. The predicted molar refractivity (Wildman–Crippen MR) is 167 cm³/mol. The number of nitrogens with zero attached hydrogens (tertiary/aromatic N) is 1. The summed E-state index contributed by atoms with van der Waals surface area (Å²) in [6, 6.07) is 16.9. The highest BCUT2D eigenvalue weighted by Gasteiger charge is 2.56. The van der Waals surface area contributed by atoms with Gasteiger partial charge in [-0.25, -0.2) is 0 Å². The van der Waals surface area contributed by atoms with Gasteiger partial charge in [-0.3, -0.25) is 19.3 Å². The van der Waals surface area contributed by atoms with Crippen LogP contribution in [0.15, 0.2) is 71.3 Å². The smallest absolute Gasteiger partial charge is 0.303 e. The fraction of sp³-hybridized carbons (Fsp3) is 0.472. The third-order valence-corrected chi connectivity index (χ3v) is 9.07. The lowest BCUT2D eigenvalue weighted by atomic mass is 9.69. The summed E-state index contributed by atoms with van der Waals surface area (Å²) >= 11 is 0. The van der Waals surface area contributed by atoms with Gasteiger partial charge in [0, 0.05) is 18.9 Å². The molecule has 8 heteroatoms. The van der Waals surface area contributed by atoms with Gasteiger partial charge in [-0.15, -0.1) is 0 Å². The van der Waals surface area contributed by atoms with Crippen molar-refractivity contribution in [1.82, 2.24) is 4.90 Å². The number of ether oxygens (including phenoxy) is 2. The van der Waals surface area contributed by atoms with Crippen molar-refractivity contribution in [3.63, 3.8) is 0 Å². The third-order valence-electron chi connectivity index (χ3n) is 9.07. The second kappa shape index (κ2) is 14.7. The van der Waals surface area contributed by atoms with Crippen LogP contribution >= 0.6 is 0 Å². The third kappa shape index (κ3) is 7.41. The Morgan fingerprint density at radius 3 is 2.57 bits per heavy atom. The number of carbonyl (C=O) groups is 3. The minimum atomic E-state index is -0.833. The average Bonchev–Trinajstić information content (AvgIpc) is 3.53. The summed E-state index contributed by atoms with van der Waals surface area (Å²) in [6.45, 7) is 3.23. The first-order valence-corrected chi connectivity index (χ1v) is 15.9. The summed E-state index contributed by atoms with van der Waals surface area (Å²) < 4.78 is 12.6. The number of fused-ring (bicyclic) bond motifs is 3. The Labute approximate surface area is 259 Å². The molecule has 2 heterocycles.